The minimum atomic E-state index is -3.78. The van der Waals surface area contributed by atoms with Crippen LogP contribution in [0.15, 0.2) is 52.4 Å². The topological polar surface area (TPSA) is 92.5 Å². The van der Waals surface area contributed by atoms with Gasteiger partial charge in [0.2, 0.25) is 10.0 Å². The Hall–Kier alpha value is -2.45. The first kappa shape index (κ1) is 19.3. The van der Waals surface area contributed by atoms with Gasteiger partial charge in [0.15, 0.2) is 0 Å². The minimum absolute atomic E-state index is 0.0980. The van der Waals surface area contributed by atoms with Crippen molar-refractivity contribution in [2.24, 2.45) is 0 Å². The molecule has 0 bridgehead atoms. The van der Waals surface area contributed by atoms with Crippen LogP contribution < -0.4 is 5.32 Å². The van der Waals surface area contributed by atoms with Crippen molar-refractivity contribution < 1.29 is 17.7 Å². The highest BCUT2D eigenvalue weighted by Gasteiger charge is 2.36. The number of hydrogen-bond donors (Lipinski definition) is 1. The Labute approximate surface area is 159 Å². The molecule has 1 saturated heterocycles. The number of aryl methyl sites for hydroxylation is 1. The number of carbonyl (C=O) groups is 1. The largest absolute Gasteiger partial charge is 0.361 e. The van der Waals surface area contributed by atoms with Crippen molar-refractivity contribution in [3.63, 3.8) is 0 Å². The smallest absolute Gasteiger partial charge is 0.251 e. The lowest BCUT2D eigenvalue weighted by Gasteiger charge is -2.33. The van der Waals surface area contributed by atoms with Gasteiger partial charge in [-0.05, 0) is 38.0 Å². The lowest BCUT2D eigenvalue weighted by Crippen LogP contribution is -2.38. The van der Waals surface area contributed by atoms with E-state index in [0.29, 0.717) is 36.5 Å². The van der Waals surface area contributed by atoms with Crippen LogP contribution >= 0.6 is 0 Å². The lowest BCUT2D eigenvalue weighted by molar-refractivity contribution is 0.0958. The second-order valence-corrected chi connectivity index (χ2v) is 8.41. The molecule has 0 aliphatic carbocycles. The van der Waals surface area contributed by atoms with Gasteiger partial charge in [0.25, 0.3) is 5.91 Å². The van der Waals surface area contributed by atoms with Crippen molar-refractivity contribution in [2.75, 3.05) is 13.1 Å². The van der Waals surface area contributed by atoms with E-state index in [1.165, 1.54) is 16.4 Å². The molecule has 1 aliphatic heterocycles. The third kappa shape index (κ3) is 4.12. The van der Waals surface area contributed by atoms with E-state index in [0.717, 1.165) is 12.8 Å². The zero-order valence-electron chi connectivity index (χ0n) is 15.2. The van der Waals surface area contributed by atoms with Gasteiger partial charge in [-0.25, -0.2) is 8.42 Å². The Balaban J connectivity index is 1.92. The summed E-state index contributed by atoms with van der Waals surface area (Å²) in [5.74, 6) is 0.308. The lowest BCUT2D eigenvalue weighted by atomic mass is 10.0. The van der Waals surface area contributed by atoms with E-state index < -0.39 is 10.0 Å². The van der Waals surface area contributed by atoms with Crippen molar-refractivity contribution in [1.29, 1.82) is 0 Å². The van der Waals surface area contributed by atoms with E-state index in [-0.39, 0.29) is 16.8 Å². The highest BCUT2D eigenvalue weighted by Crippen LogP contribution is 2.35. The Morgan fingerprint density at radius 3 is 2.93 bits per heavy atom. The maximum atomic E-state index is 13.3. The van der Waals surface area contributed by atoms with E-state index in [9.17, 15) is 13.2 Å². The summed E-state index contributed by atoms with van der Waals surface area (Å²) in [7, 11) is -3.78. The van der Waals surface area contributed by atoms with Crippen molar-refractivity contribution >= 4 is 15.9 Å². The standard InChI is InChI=1S/C19H23N3O4S/c1-3-10-20-19(23)15-7-6-8-16(13-15)27(24,25)22-11-5-4-9-18(22)17-12-14(2)26-21-17/h3,6-8,12-13,18H,1,4-5,9-11H2,2H3,(H,20,23)/t18-/m0/s1. The first-order valence-electron chi connectivity index (χ1n) is 8.87. The molecule has 27 heavy (non-hydrogen) atoms. The number of sulfonamides is 1. The maximum absolute atomic E-state index is 13.3. The minimum Gasteiger partial charge on any atom is -0.361 e. The van der Waals surface area contributed by atoms with Crippen molar-refractivity contribution in [2.45, 2.75) is 37.1 Å². The number of carbonyl (C=O) groups excluding carboxylic acids is 1. The summed E-state index contributed by atoms with van der Waals surface area (Å²) in [4.78, 5) is 12.3. The predicted octanol–water partition coefficient (Wildman–Crippen LogP) is 2.81. The molecule has 1 N–H and O–H groups in total. The molecule has 3 rings (SSSR count). The fourth-order valence-corrected chi connectivity index (χ4v) is 4.95. The van der Waals surface area contributed by atoms with E-state index in [2.05, 4.69) is 17.1 Å². The quantitative estimate of drug-likeness (QED) is 0.767. The third-order valence-corrected chi connectivity index (χ3v) is 6.46. The number of aromatic nitrogens is 1. The van der Waals surface area contributed by atoms with Gasteiger partial charge in [0, 0.05) is 24.7 Å². The van der Waals surface area contributed by atoms with Crippen molar-refractivity contribution in [1.82, 2.24) is 14.8 Å². The number of piperidine rings is 1. The van der Waals surface area contributed by atoms with Gasteiger partial charge in [0.1, 0.15) is 11.5 Å². The van der Waals surface area contributed by atoms with Crippen LogP contribution in [0.2, 0.25) is 0 Å². The zero-order chi connectivity index (χ0) is 19.4. The average molecular weight is 389 g/mol. The van der Waals surface area contributed by atoms with Crippen LogP contribution in [-0.4, -0.2) is 36.9 Å². The van der Waals surface area contributed by atoms with Gasteiger partial charge in [0.05, 0.1) is 10.9 Å². The SMILES string of the molecule is C=CCNC(=O)c1cccc(S(=O)(=O)N2CCCC[C@H]2c2cc(C)on2)c1. The Morgan fingerprint density at radius 1 is 1.41 bits per heavy atom. The monoisotopic (exact) mass is 389 g/mol. The van der Waals surface area contributed by atoms with Gasteiger partial charge >= 0.3 is 0 Å². The molecule has 7 nitrogen and oxygen atoms in total. The summed E-state index contributed by atoms with van der Waals surface area (Å²) in [5.41, 5.74) is 0.916. The number of nitrogens with zero attached hydrogens (tertiary/aromatic N) is 2. The van der Waals surface area contributed by atoms with Crippen molar-refractivity contribution in [3.05, 3.63) is 60.0 Å². The molecule has 144 valence electrons. The molecule has 1 fully saturated rings. The molecule has 1 amide bonds. The van der Waals surface area contributed by atoms with Crippen LogP contribution in [0.1, 0.15) is 47.1 Å². The number of hydrogen-bond acceptors (Lipinski definition) is 5. The second-order valence-electron chi connectivity index (χ2n) is 6.52. The molecular weight excluding hydrogens is 366 g/mol. The first-order valence-corrected chi connectivity index (χ1v) is 10.3. The van der Waals surface area contributed by atoms with Crippen LogP contribution in [0.4, 0.5) is 0 Å². The molecular formula is C19H23N3O4S. The molecule has 1 atom stereocenters. The predicted molar refractivity (Wildman–Crippen MR) is 101 cm³/mol. The van der Waals surface area contributed by atoms with Gasteiger partial charge in [-0.3, -0.25) is 4.79 Å². The number of amides is 1. The summed E-state index contributed by atoms with van der Waals surface area (Å²) in [6, 6.07) is 7.50. The first-order chi connectivity index (χ1) is 12.9. The molecule has 0 saturated carbocycles. The molecule has 8 heteroatoms. The van der Waals surface area contributed by atoms with E-state index in [1.807, 2.05) is 0 Å². The maximum Gasteiger partial charge on any atom is 0.251 e. The third-order valence-electron chi connectivity index (χ3n) is 4.55. The normalized spacial score (nSPS) is 18.2. The highest BCUT2D eigenvalue weighted by molar-refractivity contribution is 7.89. The van der Waals surface area contributed by atoms with Crippen LogP contribution in [-0.2, 0) is 10.0 Å². The van der Waals surface area contributed by atoms with Gasteiger partial charge < -0.3 is 9.84 Å². The molecule has 1 aromatic carbocycles. The molecule has 2 heterocycles. The number of rotatable bonds is 6. The summed E-state index contributed by atoms with van der Waals surface area (Å²) in [5, 5.41) is 6.68. The van der Waals surface area contributed by atoms with Crippen LogP contribution in [0.3, 0.4) is 0 Å². The van der Waals surface area contributed by atoms with Crippen LogP contribution in [0, 0.1) is 6.92 Å². The van der Waals surface area contributed by atoms with E-state index in [4.69, 9.17) is 4.52 Å². The summed E-state index contributed by atoms with van der Waals surface area (Å²) < 4.78 is 33.2. The van der Waals surface area contributed by atoms with Gasteiger partial charge in [-0.2, -0.15) is 4.31 Å². The molecule has 1 aromatic heterocycles. The Bertz CT molecular complexity index is 936. The fourth-order valence-electron chi connectivity index (χ4n) is 3.23. The molecule has 2 aromatic rings. The number of nitrogens with one attached hydrogen (secondary N) is 1. The highest BCUT2D eigenvalue weighted by atomic mass is 32.2. The molecule has 0 unspecified atom stereocenters. The number of benzene rings is 1. The summed E-state index contributed by atoms with van der Waals surface area (Å²) in [6.07, 6.45) is 3.96. The summed E-state index contributed by atoms with van der Waals surface area (Å²) in [6.45, 7) is 6.06. The average Bonchev–Trinajstić information content (AvgIpc) is 3.12. The summed E-state index contributed by atoms with van der Waals surface area (Å²) >= 11 is 0. The second kappa shape index (κ2) is 8.06. The Kier molecular flexibility index (Phi) is 5.76. The van der Waals surface area contributed by atoms with Crippen molar-refractivity contribution in [3.8, 4) is 0 Å². The van der Waals surface area contributed by atoms with Crippen LogP contribution in [0.5, 0.6) is 0 Å². The van der Waals surface area contributed by atoms with Crippen LogP contribution in [0.25, 0.3) is 0 Å². The van der Waals surface area contributed by atoms with E-state index >= 15 is 0 Å². The molecule has 0 radical (unpaired) electrons. The van der Waals surface area contributed by atoms with E-state index in [1.54, 1.807) is 31.2 Å². The van der Waals surface area contributed by atoms with Gasteiger partial charge in [-0.1, -0.05) is 23.7 Å². The Morgan fingerprint density at radius 2 is 2.22 bits per heavy atom. The molecule has 0 spiro atoms. The zero-order valence-corrected chi connectivity index (χ0v) is 16.0. The molecule has 1 aliphatic rings. The fraction of sp³-hybridized carbons (Fsp3) is 0.368. The van der Waals surface area contributed by atoms with Gasteiger partial charge in [-0.15, -0.1) is 6.58 Å².